The first-order chi connectivity index (χ1) is 9.56. The SMILES string of the molecule is Cc1ccc(SCC(=O)Nc2cccc(C)c2C)cc1. The van der Waals surface area contributed by atoms with Gasteiger partial charge in [-0.2, -0.15) is 0 Å². The molecule has 0 unspecified atom stereocenters. The van der Waals surface area contributed by atoms with E-state index in [1.54, 1.807) is 11.8 Å². The van der Waals surface area contributed by atoms with Crippen molar-refractivity contribution in [2.24, 2.45) is 0 Å². The molecule has 0 fully saturated rings. The number of carbonyl (C=O) groups excluding carboxylic acids is 1. The van der Waals surface area contributed by atoms with E-state index in [1.807, 2.05) is 44.2 Å². The van der Waals surface area contributed by atoms with Crippen LogP contribution in [0.4, 0.5) is 5.69 Å². The minimum Gasteiger partial charge on any atom is -0.325 e. The largest absolute Gasteiger partial charge is 0.325 e. The highest BCUT2D eigenvalue weighted by Gasteiger charge is 2.06. The summed E-state index contributed by atoms with van der Waals surface area (Å²) in [4.78, 5) is 13.1. The molecular weight excluding hydrogens is 266 g/mol. The number of anilines is 1. The minimum absolute atomic E-state index is 0.0317. The molecule has 1 N–H and O–H groups in total. The van der Waals surface area contributed by atoms with Crippen LogP contribution in [0, 0.1) is 20.8 Å². The summed E-state index contributed by atoms with van der Waals surface area (Å²) in [5.41, 5.74) is 4.45. The average Bonchev–Trinajstić information content (AvgIpc) is 2.43. The molecule has 0 bridgehead atoms. The van der Waals surface area contributed by atoms with Crippen LogP contribution in [0.15, 0.2) is 47.4 Å². The number of rotatable bonds is 4. The van der Waals surface area contributed by atoms with Crippen LogP contribution >= 0.6 is 11.8 Å². The van der Waals surface area contributed by atoms with Gasteiger partial charge in [-0.1, -0.05) is 29.8 Å². The summed E-state index contributed by atoms with van der Waals surface area (Å²) in [6.07, 6.45) is 0. The molecule has 0 radical (unpaired) electrons. The molecule has 2 aromatic carbocycles. The van der Waals surface area contributed by atoms with Gasteiger partial charge in [0.25, 0.3) is 0 Å². The highest BCUT2D eigenvalue weighted by molar-refractivity contribution is 8.00. The van der Waals surface area contributed by atoms with Crippen LogP contribution < -0.4 is 5.32 Å². The number of aryl methyl sites for hydroxylation is 2. The van der Waals surface area contributed by atoms with E-state index < -0.39 is 0 Å². The molecule has 2 rings (SSSR count). The van der Waals surface area contributed by atoms with Crippen molar-refractivity contribution in [1.29, 1.82) is 0 Å². The molecule has 0 saturated heterocycles. The number of thioether (sulfide) groups is 1. The van der Waals surface area contributed by atoms with Crippen molar-refractivity contribution in [1.82, 2.24) is 0 Å². The van der Waals surface area contributed by atoms with Crippen LogP contribution in [0.2, 0.25) is 0 Å². The lowest BCUT2D eigenvalue weighted by Crippen LogP contribution is -2.15. The van der Waals surface area contributed by atoms with Crippen LogP contribution in [-0.4, -0.2) is 11.7 Å². The van der Waals surface area contributed by atoms with Crippen LogP contribution in [0.5, 0.6) is 0 Å². The Balaban J connectivity index is 1.92. The number of carbonyl (C=O) groups is 1. The maximum atomic E-state index is 12.0. The van der Waals surface area contributed by atoms with Gasteiger partial charge < -0.3 is 5.32 Å². The third-order valence-corrected chi connectivity index (χ3v) is 4.28. The van der Waals surface area contributed by atoms with Gasteiger partial charge in [-0.05, 0) is 50.1 Å². The Morgan fingerprint density at radius 2 is 1.75 bits per heavy atom. The van der Waals surface area contributed by atoms with Crippen molar-refractivity contribution in [3.8, 4) is 0 Å². The van der Waals surface area contributed by atoms with Gasteiger partial charge in [0.15, 0.2) is 0 Å². The quantitative estimate of drug-likeness (QED) is 0.847. The van der Waals surface area contributed by atoms with E-state index in [0.29, 0.717) is 5.75 Å². The van der Waals surface area contributed by atoms with Crippen molar-refractivity contribution in [3.05, 3.63) is 59.2 Å². The molecule has 0 aliphatic rings. The van der Waals surface area contributed by atoms with Crippen LogP contribution in [-0.2, 0) is 4.79 Å². The lowest BCUT2D eigenvalue weighted by molar-refractivity contribution is -0.113. The van der Waals surface area contributed by atoms with Crippen molar-refractivity contribution >= 4 is 23.4 Å². The third kappa shape index (κ3) is 3.87. The Kier molecular flexibility index (Phi) is 4.85. The molecule has 0 aliphatic heterocycles. The van der Waals surface area contributed by atoms with E-state index in [4.69, 9.17) is 0 Å². The van der Waals surface area contributed by atoms with Crippen molar-refractivity contribution in [3.63, 3.8) is 0 Å². The van der Waals surface area contributed by atoms with Gasteiger partial charge in [0.05, 0.1) is 5.75 Å². The summed E-state index contributed by atoms with van der Waals surface area (Å²) in [5.74, 6) is 0.459. The van der Waals surface area contributed by atoms with Gasteiger partial charge in [0.2, 0.25) is 5.91 Å². The summed E-state index contributed by atoms with van der Waals surface area (Å²) in [7, 11) is 0. The maximum absolute atomic E-state index is 12.0. The van der Waals surface area contributed by atoms with E-state index in [0.717, 1.165) is 16.1 Å². The van der Waals surface area contributed by atoms with Crippen LogP contribution in [0.3, 0.4) is 0 Å². The van der Waals surface area contributed by atoms with Crippen molar-refractivity contribution in [2.75, 3.05) is 11.1 Å². The fourth-order valence-corrected chi connectivity index (χ4v) is 2.55. The van der Waals surface area contributed by atoms with Gasteiger partial charge in [0, 0.05) is 10.6 Å². The molecule has 1 amide bonds. The monoisotopic (exact) mass is 285 g/mol. The lowest BCUT2D eigenvalue weighted by atomic mass is 10.1. The molecule has 2 nitrogen and oxygen atoms in total. The predicted octanol–water partition coefficient (Wildman–Crippen LogP) is 4.34. The first kappa shape index (κ1) is 14.7. The molecule has 0 aromatic heterocycles. The minimum atomic E-state index is 0.0317. The second-order valence-electron chi connectivity index (χ2n) is 4.90. The smallest absolute Gasteiger partial charge is 0.234 e. The summed E-state index contributed by atoms with van der Waals surface area (Å²) in [5, 5.41) is 2.97. The second-order valence-corrected chi connectivity index (χ2v) is 5.95. The standard InChI is InChI=1S/C17H19NOS/c1-12-7-9-15(10-8-12)20-11-17(19)18-16-6-4-5-13(2)14(16)3/h4-10H,11H2,1-3H3,(H,18,19). The predicted molar refractivity (Wildman–Crippen MR) is 86.4 cm³/mol. The molecule has 0 saturated carbocycles. The summed E-state index contributed by atoms with van der Waals surface area (Å²) in [6, 6.07) is 14.2. The number of hydrogen-bond donors (Lipinski definition) is 1. The molecule has 0 aliphatic carbocycles. The molecule has 2 aromatic rings. The van der Waals surface area contributed by atoms with Gasteiger partial charge in [-0.25, -0.2) is 0 Å². The fraction of sp³-hybridized carbons (Fsp3) is 0.235. The summed E-state index contributed by atoms with van der Waals surface area (Å²) in [6.45, 7) is 6.13. The van der Waals surface area contributed by atoms with E-state index in [-0.39, 0.29) is 5.91 Å². The van der Waals surface area contributed by atoms with Gasteiger partial charge >= 0.3 is 0 Å². The van der Waals surface area contributed by atoms with Crippen molar-refractivity contribution < 1.29 is 4.79 Å². The Labute approximate surface area is 124 Å². The number of hydrogen-bond acceptors (Lipinski definition) is 2. The number of nitrogens with one attached hydrogen (secondary N) is 1. The lowest BCUT2D eigenvalue weighted by Gasteiger charge is -2.10. The number of benzene rings is 2. The Hall–Kier alpha value is -1.74. The fourth-order valence-electron chi connectivity index (χ4n) is 1.86. The third-order valence-electron chi connectivity index (χ3n) is 3.27. The molecular formula is C17H19NOS. The molecule has 0 atom stereocenters. The van der Waals surface area contributed by atoms with E-state index in [2.05, 4.69) is 24.4 Å². The van der Waals surface area contributed by atoms with Gasteiger partial charge in [0.1, 0.15) is 0 Å². The summed E-state index contributed by atoms with van der Waals surface area (Å²) < 4.78 is 0. The highest BCUT2D eigenvalue weighted by atomic mass is 32.2. The van der Waals surface area contributed by atoms with Crippen LogP contribution in [0.25, 0.3) is 0 Å². The van der Waals surface area contributed by atoms with Gasteiger partial charge in [-0.3, -0.25) is 4.79 Å². The molecule has 104 valence electrons. The molecule has 0 spiro atoms. The van der Waals surface area contributed by atoms with Crippen molar-refractivity contribution in [2.45, 2.75) is 25.7 Å². The first-order valence-corrected chi connectivity index (χ1v) is 7.60. The second kappa shape index (κ2) is 6.62. The van der Waals surface area contributed by atoms with Crippen LogP contribution in [0.1, 0.15) is 16.7 Å². The van der Waals surface area contributed by atoms with E-state index in [1.165, 1.54) is 11.1 Å². The van der Waals surface area contributed by atoms with Gasteiger partial charge in [-0.15, -0.1) is 11.8 Å². The van der Waals surface area contributed by atoms with E-state index >= 15 is 0 Å². The Morgan fingerprint density at radius 1 is 1.05 bits per heavy atom. The molecule has 0 heterocycles. The molecule has 20 heavy (non-hydrogen) atoms. The normalized spacial score (nSPS) is 10.3. The zero-order valence-corrected chi connectivity index (χ0v) is 12.9. The Morgan fingerprint density at radius 3 is 2.45 bits per heavy atom. The zero-order valence-electron chi connectivity index (χ0n) is 12.1. The Bertz CT molecular complexity index is 605. The highest BCUT2D eigenvalue weighted by Crippen LogP contribution is 2.21. The maximum Gasteiger partial charge on any atom is 0.234 e. The summed E-state index contributed by atoms with van der Waals surface area (Å²) >= 11 is 1.55. The number of amides is 1. The molecule has 3 heteroatoms. The van der Waals surface area contributed by atoms with E-state index in [9.17, 15) is 4.79 Å². The first-order valence-electron chi connectivity index (χ1n) is 6.62. The topological polar surface area (TPSA) is 29.1 Å². The average molecular weight is 285 g/mol. The zero-order chi connectivity index (χ0) is 14.5.